The van der Waals surface area contributed by atoms with Crippen molar-refractivity contribution in [3.63, 3.8) is 0 Å². The SMILES string of the molecule is CCCCCCCCCCCC(=O)CCCCC(NC(=O)CC(CCCCCCCC)C(=O)O)C(=O)O. The van der Waals surface area contributed by atoms with E-state index in [1.807, 2.05) is 0 Å². The van der Waals surface area contributed by atoms with Crippen LogP contribution in [0.25, 0.3) is 0 Å². The molecule has 7 heteroatoms. The molecular formula is C30H55NO6. The van der Waals surface area contributed by atoms with E-state index in [-0.39, 0.29) is 18.6 Å². The molecule has 0 aromatic rings. The summed E-state index contributed by atoms with van der Waals surface area (Å²) in [6.45, 7) is 4.36. The van der Waals surface area contributed by atoms with Crippen molar-refractivity contribution in [2.24, 2.45) is 5.92 Å². The van der Waals surface area contributed by atoms with E-state index in [2.05, 4.69) is 19.2 Å². The van der Waals surface area contributed by atoms with Crippen LogP contribution in [-0.2, 0) is 19.2 Å². The highest BCUT2D eigenvalue weighted by Gasteiger charge is 2.25. The molecule has 0 fully saturated rings. The van der Waals surface area contributed by atoms with Crippen LogP contribution in [0.2, 0.25) is 0 Å². The summed E-state index contributed by atoms with van der Waals surface area (Å²) in [7, 11) is 0. The number of amides is 1. The Morgan fingerprint density at radius 2 is 1.00 bits per heavy atom. The number of nitrogens with one attached hydrogen (secondary N) is 1. The minimum Gasteiger partial charge on any atom is -0.481 e. The maximum atomic E-state index is 12.4. The Hall–Kier alpha value is -1.92. The van der Waals surface area contributed by atoms with Crippen LogP contribution in [0, 0.1) is 5.92 Å². The van der Waals surface area contributed by atoms with Gasteiger partial charge in [0.15, 0.2) is 0 Å². The van der Waals surface area contributed by atoms with Gasteiger partial charge in [-0.15, -0.1) is 0 Å². The summed E-state index contributed by atoms with van der Waals surface area (Å²) < 4.78 is 0. The number of rotatable bonds is 27. The Morgan fingerprint density at radius 3 is 1.49 bits per heavy atom. The molecule has 0 rings (SSSR count). The number of aliphatic carboxylic acids is 2. The Morgan fingerprint density at radius 1 is 0.568 bits per heavy atom. The Balaban J connectivity index is 4.08. The molecule has 1 amide bonds. The number of carboxylic acid groups (broad SMARTS) is 2. The third kappa shape index (κ3) is 21.8. The van der Waals surface area contributed by atoms with Crippen LogP contribution >= 0.6 is 0 Å². The average molecular weight is 526 g/mol. The highest BCUT2D eigenvalue weighted by atomic mass is 16.4. The van der Waals surface area contributed by atoms with Gasteiger partial charge in [-0.25, -0.2) is 4.79 Å². The third-order valence-corrected chi connectivity index (χ3v) is 7.08. The number of carbonyl (C=O) groups is 4. The van der Waals surface area contributed by atoms with Gasteiger partial charge in [0.1, 0.15) is 11.8 Å². The maximum absolute atomic E-state index is 12.4. The molecule has 0 saturated heterocycles. The van der Waals surface area contributed by atoms with Crippen molar-refractivity contribution in [2.75, 3.05) is 0 Å². The standard InChI is InChI=1S/C30H55NO6/c1-3-5-7-9-11-12-13-15-17-21-26(32)22-18-19-23-27(30(36)37)31-28(33)24-25(29(34)35)20-16-14-10-8-6-4-2/h25,27H,3-24H2,1-2H3,(H,31,33)(H,34,35)(H,36,37). The maximum Gasteiger partial charge on any atom is 0.326 e. The Bertz CT molecular complexity index is 621. The summed E-state index contributed by atoms with van der Waals surface area (Å²) in [5, 5.41) is 21.4. The minimum absolute atomic E-state index is 0.203. The molecule has 0 spiro atoms. The summed E-state index contributed by atoms with van der Waals surface area (Å²) in [6.07, 6.45) is 19.8. The van der Waals surface area contributed by atoms with Gasteiger partial charge < -0.3 is 15.5 Å². The molecule has 2 unspecified atom stereocenters. The molecular weight excluding hydrogens is 470 g/mol. The van der Waals surface area contributed by atoms with E-state index in [4.69, 9.17) is 0 Å². The first-order valence-corrected chi connectivity index (χ1v) is 15.1. The molecule has 0 aromatic heterocycles. The van der Waals surface area contributed by atoms with E-state index in [0.29, 0.717) is 32.1 Å². The molecule has 0 heterocycles. The lowest BCUT2D eigenvalue weighted by Crippen LogP contribution is -2.41. The van der Waals surface area contributed by atoms with Crippen LogP contribution in [0.1, 0.15) is 155 Å². The molecule has 0 bridgehead atoms. The first-order valence-electron chi connectivity index (χ1n) is 15.1. The van der Waals surface area contributed by atoms with E-state index in [1.165, 1.54) is 51.4 Å². The summed E-state index contributed by atoms with van der Waals surface area (Å²) in [5.41, 5.74) is 0. The van der Waals surface area contributed by atoms with E-state index in [9.17, 15) is 29.4 Å². The quantitative estimate of drug-likeness (QED) is 0.0958. The summed E-state index contributed by atoms with van der Waals surface area (Å²) >= 11 is 0. The zero-order valence-electron chi connectivity index (χ0n) is 23.7. The van der Waals surface area contributed by atoms with Gasteiger partial charge in [-0.1, -0.05) is 110 Å². The zero-order chi connectivity index (χ0) is 27.7. The number of Topliss-reactive ketones (excluding diaryl/α,β-unsaturated/α-hetero) is 1. The lowest BCUT2D eigenvalue weighted by atomic mass is 9.96. The number of ketones is 1. The van der Waals surface area contributed by atoms with Crippen molar-refractivity contribution in [3.05, 3.63) is 0 Å². The second-order valence-corrected chi connectivity index (χ2v) is 10.6. The van der Waals surface area contributed by atoms with Gasteiger partial charge in [-0.2, -0.15) is 0 Å². The number of hydrogen-bond acceptors (Lipinski definition) is 4. The van der Waals surface area contributed by atoms with Gasteiger partial charge in [0, 0.05) is 19.3 Å². The van der Waals surface area contributed by atoms with Crippen LogP contribution in [-0.4, -0.2) is 39.9 Å². The van der Waals surface area contributed by atoms with E-state index < -0.39 is 29.8 Å². The van der Waals surface area contributed by atoms with E-state index >= 15 is 0 Å². The number of carboxylic acids is 2. The van der Waals surface area contributed by atoms with Crippen LogP contribution < -0.4 is 5.32 Å². The first-order chi connectivity index (χ1) is 17.8. The van der Waals surface area contributed by atoms with Crippen molar-refractivity contribution < 1.29 is 29.4 Å². The summed E-state index contributed by atoms with van der Waals surface area (Å²) in [5.74, 6) is -3.25. The fourth-order valence-electron chi connectivity index (χ4n) is 4.65. The number of unbranched alkanes of at least 4 members (excludes halogenated alkanes) is 14. The monoisotopic (exact) mass is 525 g/mol. The first kappa shape index (κ1) is 35.1. The molecule has 2 atom stereocenters. The molecule has 216 valence electrons. The molecule has 0 aromatic carbocycles. The summed E-state index contributed by atoms with van der Waals surface area (Å²) in [4.78, 5) is 47.6. The number of hydrogen-bond donors (Lipinski definition) is 3. The van der Waals surface area contributed by atoms with Gasteiger partial charge in [0.05, 0.1) is 5.92 Å². The van der Waals surface area contributed by atoms with E-state index in [1.54, 1.807) is 0 Å². The van der Waals surface area contributed by atoms with Crippen molar-refractivity contribution in [1.29, 1.82) is 0 Å². The number of carbonyl (C=O) groups excluding carboxylic acids is 2. The van der Waals surface area contributed by atoms with Crippen LogP contribution in [0.15, 0.2) is 0 Å². The van der Waals surface area contributed by atoms with Gasteiger partial charge in [-0.05, 0) is 25.7 Å². The van der Waals surface area contributed by atoms with Crippen molar-refractivity contribution >= 4 is 23.6 Å². The van der Waals surface area contributed by atoms with E-state index in [0.717, 1.165) is 44.9 Å². The Labute approximate surface area is 225 Å². The predicted octanol–water partition coefficient (Wildman–Crippen LogP) is 7.45. The molecule has 0 radical (unpaired) electrons. The third-order valence-electron chi connectivity index (χ3n) is 7.08. The summed E-state index contributed by atoms with van der Waals surface area (Å²) in [6, 6.07) is -1.05. The topological polar surface area (TPSA) is 121 Å². The van der Waals surface area contributed by atoms with Gasteiger partial charge >= 0.3 is 11.9 Å². The van der Waals surface area contributed by atoms with Gasteiger partial charge in [-0.3, -0.25) is 14.4 Å². The van der Waals surface area contributed by atoms with Crippen molar-refractivity contribution in [3.8, 4) is 0 Å². The van der Waals surface area contributed by atoms with Crippen molar-refractivity contribution in [1.82, 2.24) is 5.32 Å². The largest absolute Gasteiger partial charge is 0.481 e. The average Bonchev–Trinajstić information content (AvgIpc) is 2.85. The molecule has 7 nitrogen and oxygen atoms in total. The lowest BCUT2D eigenvalue weighted by Gasteiger charge is -2.17. The molecule has 3 N–H and O–H groups in total. The fourth-order valence-corrected chi connectivity index (χ4v) is 4.65. The molecule has 0 aliphatic carbocycles. The second kappa shape index (κ2) is 24.4. The molecule has 0 aliphatic heterocycles. The molecule has 0 aliphatic rings. The highest BCUT2D eigenvalue weighted by molar-refractivity contribution is 5.86. The lowest BCUT2D eigenvalue weighted by molar-refractivity contribution is -0.145. The smallest absolute Gasteiger partial charge is 0.326 e. The van der Waals surface area contributed by atoms with Crippen LogP contribution in [0.4, 0.5) is 0 Å². The minimum atomic E-state index is -1.13. The molecule has 0 saturated carbocycles. The predicted molar refractivity (Wildman–Crippen MR) is 149 cm³/mol. The Kier molecular flexibility index (Phi) is 23.2. The highest BCUT2D eigenvalue weighted by Crippen LogP contribution is 2.17. The fraction of sp³-hybridized carbons (Fsp3) is 0.867. The van der Waals surface area contributed by atoms with Crippen molar-refractivity contribution in [2.45, 2.75) is 161 Å². The zero-order valence-corrected chi connectivity index (χ0v) is 23.7. The van der Waals surface area contributed by atoms with Gasteiger partial charge in [0.25, 0.3) is 0 Å². The normalized spacial score (nSPS) is 12.7. The second-order valence-electron chi connectivity index (χ2n) is 10.6. The van der Waals surface area contributed by atoms with Gasteiger partial charge in [0.2, 0.25) is 5.91 Å². The van der Waals surface area contributed by atoms with Crippen LogP contribution in [0.3, 0.4) is 0 Å². The molecule has 37 heavy (non-hydrogen) atoms. The van der Waals surface area contributed by atoms with Crippen LogP contribution in [0.5, 0.6) is 0 Å².